The van der Waals surface area contributed by atoms with E-state index in [0.29, 0.717) is 13.2 Å². The predicted octanol–water partition coefficient (Wildman–Crippen LogP) is 2.60. The number of hydrogen-bond donors (Lipinski definition) is 1. The summed E-state index contributed by atoms with van der Waals surface area (Å²) < 4.78 is 11.5. The number of aliphatic hydroxyl groups excluding tert-OH is 1. The number of furan rings is 1. The Bertz CT molecular complexity index is 740. The first-order valence-electron chi connectivity index (χ1n) is 10.6. The third-order valence-corrected chi connectivity index (χ3v) is 5.40. The van der Waals surface area contributed by atoms with E-state index in [1.165, 1.54) is 5.56 Å². The molecule has 6 heteroatoms. The number of β-amino-alcohol motifs (C(OH)–C–C–N with tert-alkyl or cyclic N) is 1. The molecule has 1 aliphatic rings. The minimum Gasteiger partial charge on any atom is -0.491 e. The second-order valence-corrected chi connectivity index (χ2v) is 8.03. The van der Waals surface area contributed by atoms with E-state index in [9.17, 15) is 5.11 Å². The molecular weight excluding hydrogens is 366 g/mol. The Hall–Kier alpha value is -1.86. The second kappa shape index (κ2) is 10.8. The maximum absolute atomic E-state index is 10.4. The molecule has 1 aromatic carbocycles. The van der Waals surface area contributed by atoms with Gasteiger partial charge in [-0.15, -0.1) is 0 Å². The van der Waals surface area contributed by atoms with Crippen LogP contribution in [0.3, 0.4) is 0 Å². The van der Waals surface area contributed by atoms with Crippen molar-refractivity contribution in [2.45, 2.75) is 33.0 Å². The molecule has 0 amide bonds. The topological polar surface area (TPSA) is 52.3 Å². The number of rotatable bonds is 10. The molecule has 29 heavy (non-hydrogen) atoms. The first-order chi connectivity index (χ1) is 14.0. The quantitative estimate of drug-likeness (QED) is 0.661. The van der Waals surface area contributed by atoms with Gasteiger partial charge in [0.25, 0.3) is 0 Å². The summed E-state index contributed by atoms with van der Waals surface area (Å²) in [4.78, 5) is 6.97. The normalized spacial score (nSPS) is 17.0. The zero-order valence-corrected chi connectivity index (χ0v) is 18.0. The summed E-state index contributed by atoms with van der Waals surface area (Å²) in [7, 11) is 2.08. The van der Waals surface area contributed by atoms with Gasteiger partial charge in [-0.05, 0) is 50.3 Å². The van der Waals surface area contributed by atoms with Crippen LogP contribution in [0.5, 0.6) is 5.75 Å². The molecule has 1 saturated heterocycles. The fourth-order valence-electron chi connectivity index (χ4n) is 3.77. The number of likely N-dealkylation sites (N-methyl/N-ethyl adjacent to an activating group) is 1. The van der Waals surface area contributed by atoms with E-state index in [-0.39, 0.29) is 0 Å². The van der Waals surface area contributed by atoms with E-state index in [4.69, 9.17) is 9.15 Å². The Morgan fingerprint density at radius 2 is 1.86 bits per heavy atom. The van der Waals surface area contributed by atoms with E-state index in [1.54, 1.807) is 0 Å². The SMILES string of the molecule is CCN1CCN(C[C@H](O)COc2cccc(CN(C)Cc3ccc(C)o3)c2)CC1. The third-order valence-electron chi connectivity index (χ3n) is 5.40. The van der Waals surface area contributed by atoms with Gasteiger partial charge >= 0.3 is 0 Å². The monoisotopic (exact) mass is 401 g/mol. The van der Waals surface area contributed by atoms with Crippen molar-refractivity contribution in [1.82, 2.24) is 14.7 Å². The van der Waals surface area contributed by atoms with E-state index in [1.807, 2.05) is 31.2 Å². The lowest BCUT2D eigenvalue weighted by Crippen LogP contribution is -2.49. The van der Waals surface area contributed by atoms with Gasteiger partial charge in [0.1, 0.15) is 30.0 Å². The third kappa shape index (κ3) is 7.16. The molecule has 1 aromatic heterocycles. The number of aryl methyl sites for hydroxylation is 1. The van der Waals surface area contributed by atoms with Crippen LogP contribution in [0.25, 0.3) is 0 Å². The fraction of sp³-hybridized carbons (Fsp3) is 0.565. The molecule has 160 valence electrons. The van der Waals surface area contributed by atoms with Gasteiger partial charge in [0.15, 0.2) is 0 Å². The van der Waals surface area contributed by atoms with Crippen LogP contribution in [0.2, 0.25) is 0 Å². The molecule has 2 heterocycles. The number of piperazine rings is 1. The highest BCUT2D eigenvalue weighted by atomic mass is 16.5. The van der Waals surface area contributed by atoms with Crippen molar-refractivity contribution in [3.63, 3.8) is 0 Å². The molecule has 2 aromatic rings. The van der Waals surface area contributed by atoms with E-state index in [0.717, 1.165) is 63.1 Å². The zero-order valence-electron chi connectivity index (χ0n) is 18.0. The molecule has 3 rings (SSSR count). The van der Waals surface area contributed by atoms with Crippen LogP contribution in [0.1, 0.15) is 24.0 Å². The van der Waals surface area contributed by atoms with Gasteiger partial charge in [0.05, 0.1) is 6.54 Å². The Labute approximate surface area is 174 Å². The predicted molar refractivity (Wildman–Crippen MR) is 115 cm³/mol. The highest BCUT2D eigenvalue weighted by molar-refractivity contribution is 5.28. The van der Waals surface area contributed by atoms with E-state index in [2.05, 4.69) is 40.8 Å². The average molecular weight is 402 g/mol. The Morgan fingerprint density at radius 1 is 1.10 bits per heavy atom. The molecule has 1 fully saturated rings. The molecule has 6 nitrogen and oxygen atoms in total. The number of aliphatic hydroxyl groups is 1. The van der Waals surface area contributed by atoms with E-state index < -0.39 is 6.10 Å². The van der Waals surface area contributed by atoms with Crippen molar-refractivity contribution >= 4 is 0 Å². The molecule has 0 unspecified atom stereocenters. The maximum atomic E-state index is 10.4. The van der Waals surface area contributed by atoms with Gasteiger partial charge in [-0.25, -0.2) is 0 Å². The van der Waals surface area contributed by atoms with Crippen molar-refractivity contribution in [3.05, 3.63) is 53.5 Å². The summed E-state index contributed by atoms with van der Waals surface area (Å²) in [6.45, 7) is 12.0. The van der Waals surface area contributed by atoms with Crippen LogP contribution < -0.4 is 4.74 Å². The maximum Gasteiger partial charge on any atom is 0.119 e. The number of ether oxygens (including phenoxy) is 1. The van der Waals surface area contributed by atoms with Gasteiger partial charge in [0.2, 0.25) is 0 Å². The first kappa shape index (κ1) is 21.8. The molecule has 0 spiro atoms. The minimum atomic E-state index is -0.475. The number of benzene rings is 1. The van der Waals surface area contributed by atoms with E-state index >= 15 is 0 Å². The lowest BCUT2D eigenvalue weighted by molar-refractivity contribution is 0.0470. The van der Waals surface area contributed by atoms with Crippen molar-refractivity contribution in [2.24, 2.45) is 0 Å². The summed E-state index contributed by atoms with van der Waals surface area (Å²) in [6.07, 6.45) is -0.475. The van der Waals surface area contributed by atoms with Gasteiger partial charge in [-0.2, -0.15) is 0 Å². The van der Waals surface area contributed by atoms with Crippen LogP contribution in [0.4, 0.5) is 0 Å². The smallest absolute Gasteiger partial charge is 0.119 e. The van der Waals surface area contributed by atoms with Crippen LogP contribution in [0.15, 0.2) is 40.8 Å². The zero-order chi connectivity index (χ0) is 20.6. The van der Waals surface area contributed by atoms with Crippen LogP contribution in [-0.4, -0.2) is 78.8 Å². The summed E-state index contributed by atoms with van der Waals surface area (Å²) in [6, 6.07) is 12.1. The molecule has 1 aliphatic heterocycles. The van der Waals surface area contributed by atoms with Gasteiger partial charge < -0.3 is 19.2 Å². The molecular formula is C23H35N3O3. The van der Waals surface area contributed by atoms with Crippen molar-refractivity contribution in [3.8, 4) is 5.75 Å². The standard InChI is InChI=1S/C23H35N3O3/c1-4-25-10-12-26(13-11-25)16-21(27)18-28-22-7-5-6-20(14-22)15-24(3)17-23-9-8-19(2)29-23/h5-9,14,21,27H,4,10-13,15-18H2,1-3H3/t21-/m0/s1. The highest BCUT2D eigenvalue weighted by Gasteiger charge is 2.18. The number of hydrogen-bond acceptors (Lipinski definition) is 6. The highest BCUT2D eigenvalue weighted by Crippen LogP contribution is 2.17. The van der Waals surface area contributed by atoms with Crippen LogP contribution in [-0.2, 0) is 13.1 Å². The molecule has 1 N–H and O–H groups in total. The van der Waals surface area contributed by atoms with Gasteiger partial charge in [-0.1, -0.05) is 19.1 Å². The Kier molecular flexibility index (Phi) is 8.12. The molecule has 0 saturated carbocycles. The van der Waals surface area contributed by atoms with Crippen molar-refractivity contribution < 1.29 is 14.3 Å². The first-order valence-corrected chi connectivity index (χ1v) is 10.6. The molecule has 0 aliphatic carbocycles. The largest absolute Gasteiger partial charge is 0.491 e. The van der Waals surface area contributed by atoms with Crippen molar-refractivity contribution in [2.75, 3.05) is 52.9 Å². The fourth-order valence-corrected chi connectivity index (χ4v) is 3.77. The lowest BCUT2D eigenvalue weighted by atomic mass is 10.2. The summed E-state index contributed by atoms with van der Waals surface area (Å²) in [5, 5.41) is 10.4. The molecule has 0 radical (unpaired) electrons. The second-order valence-electron chi connectivity index (χ2n) is 8.03. The molecule has 0 bridgehead atoms. The van der Waals surface area contributed by atoms with Gasteiger partial charge in [0, 0.05) is 39.3 Å². The number of nitrogens with zero attached hydrogens (tertiary/aromatic N) is 3. The average Bonchev–Trinajstić information content (AvgIpc) is 3.11. The van der Waals surface area contributed by atoms with Crippen molar-refractivity contribution in [1.29, 1.82) is 0 Å². The van der Waals surface area contributed by atoms with Crippen LogP contribution in [0, 0.1) is 6.92 Å². The molecule has 1 atom stereocenters. The summed E-state index contributed by atoms with van der Waals surface area (Å²) in [5.41, 5.74) is 1.18. The summed E-state index contributed by atoms with van der Waals surface area (Å²) >= 11 is 0. The Balaban J connectivity index is 1.42. The Morgan fingerprint density at radius 3 is 2.55 bits per heavy atom. The van der Waals surface area contributed by atoms with Crippen LogP contribution >= 0.6 is 0 Å². The lowest BCUT2D eigenvalue weighted by Gasteiger charge is -2.34. The summed E-state index contributed by atoms with van der Waals surface area (Å²) in [5.74, 6) is 2.72. The van der Waals surface area contributed by atoms with Gasteiger partial charge in [-0.3, -0.25) is 9.80 Å². The minimum absolute atomic E-state index is 0.318.